The van der Waals surface area contributed by atoms with Crippen LogP contribution in [0.25, 0.3) is 10.8 Å². The Balaban J connectivity index is 1.16. The summed E-state index contributed by atoms with van der Waals surface area (Å²) in [6.45, 7) is 2.77. The van der Waals surface area contributed by atoms with Gasteiger partial charge in [-0.15, -0.1) is 0 Å². The van der Waals surface area contributed by atoms with E-state index in [4.69, 9.17) is 23.2 Å². The molecule has 6 nitrogen and oxygen atoms in total. The third kappa shape index (κ3) is 5.25. The molecule has 3 amide bonds. The Labute approximate surface area is 219 Å². The summed E-state index contributed by atoms with van der Waals surface area (Å²) >= 11 is 12.1. The van der Waals surface area contributed by atoms with Crippen LogP contribution < -0.4 is 15.5 Å². The van der Waals surface area contributed by atoms with Crippen LogP contribution in [0.5, 0.6) is 0 Å². The lowest BCUT2D eigenvalue weighted by molar-refractivity contribution is 0.0747. The zero-order valence-electron chi connectivity index (χ0n) is 19.4. The number of nitrogens with one attached hydrogen (secondary N) is 2. The van der Waals surface area contributed by atoms with Gasteiger partial charge in [0, 0.05) is 43.1 Å². The fourth-order valence-electron chi connectivity index (χ4n) is 4.31. The molecule has 0 saturated carbocycles. The van der Waals surface area contributed by atoms with Crippen LogP contribution in [0.4, 0.5) is 21.9 Å². The summed E-state index contributed by atoms with van der Waals surface area (Å²) in [6.07, 6.45) is 0. The largest absolute Gasteiger partial charge is 0.368 e. The lowest BCUT2D eigenvalue weighted by atomic mass is 10.1. The number of carbonyl (C=O) groups excluding carboxylic acids is 2. The molecule has 0 radical (unpaired) electrons. The SMILES string of the molecule is O=C(Nc1ccc(N2CCN(C(=O)c3ccc4ccccc4c3)CC2)cc1)Nc1cccc(Cl)c1Cl. The Morgan fingerprint density at radius 3 is 2.19 bits per heavy atom. The Bertz CT molecular complexity index is 1420. The van der Waals surface area contributed by atoms with Gasteiger partial charge in [-0.3, -0.25) is 4.79 Å². The van der Waals surface area contributed by atoms with Crippen molar-refractivity contribution in [2.24, 2.45) is 0 Å². The molecule has 1 heterocycles. The Morgan fingerprint density at radius 2 is 1.44 bits per heavy atom. The summed E-state index contributed by atoms with van der Waals surface area (Å²) in [4.78, 5) is 29.5. The van der Waals surface area contributed by atoms with Crippen LogP contribution in [0.15, 0.2) is 84.9 Å². The van der Waals surface area contributed by atoms with Gasteiger partial charge in [-0.1, -0.05) is 59.6 Å². The van der Waals surface area contributed by atoms with Crippen LogP contribution >= 0.6 is 23.2 Å². The van der Waals surface area contributed by atoms with Crippen molar-refractivity contribution < 1.29 is 9.59 Å². The summed E-state index contributed by atoms with van der Waals surface area (Å²) in [5.41, 5.74) is 2.85. The molecule has 0 aromatic heterocycles. The summed E-state index contributed by atoms with van der Waals surface area (Å²) in [6, 6.07) is 26.2. The molecule has 1 saturated heterocycles. The molecule has 0 spiro atoms. The zero-order chi connectivity index (χ0) is 25.1. The van der Waals surface area contributed by atoms with Gasteiger partial charge in [0.1, 0.15) is 0 Å². The van der Waals surface area contributed by atoms with Gasteiger partial charge in [0.15, 0.2) is 0 Å². The minimum absolute atomic E-state index is 0.0609. The Hall–Kier alpha value is -3.74. The molecule has 8 heteroatoms. The van der Waals surface area contributed by atoms with E-state index in [1.54, 1.807) is 18.2 Å². The molecule has 0 bridgehead atoms. The lowest BCUT2D eigenvalue weighted by Gasteiger charge is -2.36. The van der Waals surface area contributed by atoms with Gasteiger partial charge in [0.05, 0.1) is 15.7 Å². The molecule has 0 atom stereocenters. The van der Waals surface area contributed by atoms with Crippen molar-refractivity contribution in [1.29, 1.82) is 0 Å². The van der Waals surface area contributed by atoms with Crippen molar-refractivity contribution in [2.75, 3.05) is 41.7 Å². The highest BCUT2D eigenvalue weighted by molar-refractivity contribution is 6.44. The van der Waals surface area contributed by atoms with E-state index in [0.29, 0.717) is 34.5 Å². The van der Waals surface area contributed by atoms with Crippen molar-refractivity contribution >= 4 is 63.0 Å². The van der Waals surface area contributed by atoms with Crippen molar-refractivity contribution in [2.45, 2.75) is 0 Å². The number of halogens is 2. The van der Waals surface area contributed by atoms with E-state index in [2.05, 4.69) is 15.5 Å². The van der Waals surface area contributed by atoms with Crippen molar-refractivity contribution in [3.8, 4) is 0 Å². The normalized spacial score (nSPS) is 13.5. The molecule has 4 aromatic carbocycles. The molecule has 0 aliphatic carbocycles. The minimum atomic E-state index is -0.410. The molecule has 182 valence electrons. The standard InChI is InChI=1S/C28H24Cl2N4O2/c29-24-6-3-7-25(26(24)30)32-28(36)31-22-10-12-23(13-11-22)33-14-16-34(17-15-33)27(35)21-9-8-19-4-1-2-5-20(19)18-21/h1-13,18H,14-17H2,(H2,31,32,36). The number of hydrogen-bond acceptors (Lipinski definition) is 3. The van der Waals surface area contributed by atoms with Crippen molar-refractivity contribution in [3.63, 3.8) is 0 Å². The van der Waals surface area contributed by atoms with Gasteiger partial charge in [0.2, 0.25) is 0 Å². The number of hydrogen-bond donors (Lipinski definition) is 2. The lowest BCUT2D eigenvalue weighted by Crippen LogP contribution is -2.48. The molecule has 2 N–H and O–H groups in total. The number of carbonyl (C=O) groups is 2. The Kier molecular flexibility index (Phi) is 6.98. The maximum atomic E-state index is 13.1. The van der Waals surface area contributed by atoms with Gasteiger partial charge in [-0.2, -0.15) is 0 Å². The van der Waals surface area contributed by atoms with Gasteiger partial charge < -0.3 is 20.4 Å². The molecule has 1 aliphatic heterocycles. The fraction of sp³-hybridized carbons (Fsp3) is 0.143. The number of rotatable bonds is 4. The molecule has 36 heavy (non-hydrogen) atoms. The number of urea groups is 1. The average Bonchev–Trinajstić information content (AvgIpc) is 2.91. The number of nitrogens with zero attached hydrogens (tertiary/aromatic N) is 2. The number of benzene rings is 4. The van der Waals surface area contributed by atoms with E-state index < -0.39 is 6.03 Å². The first-order valence-electron chi connectivity index (χ1n) is 11.6. The van der Waals surface area contributed by atoms with Crippen LogP contribution in [-0.4, -0.2) is 43.0 Å². The van der Waals surface area contributed by atoms with E-state index in [-0.39, 0.29) is 5.91 Å². The molecular formula is C28H24Cl2N4O2. The first-order valence-corrected chi connectivity index (χ1v) is 12.4. The third-order valence-electron chi connectivity index (χ3n) is 6.25. The maximum absolute atomic E-state index is 13.1. The number of anilines is 3. The van der Waals surface area contributed by atoms with Gasteiger partial charge in [-0.05, 0) is 59.3 Å². The first-order chi connectivity index (χ1) is 17.5. The molecule has 1 fully saturated rings. The van der Waals surface area contributed by atoms with E-state index in [9.17, 15) is 9.59 Å². The second-order valence-corrected chi connectivity index (χ2v) is 9.35. The van der Waals surface area contributed by atoms with Crippen LogP contribution in [0.1, 0.15) is 10.4 Å². The van der Waals surface area contributed by atoms with Crippen LogP contribution in [0.2, 0.25) is 10.0 Å². The quantitative estimate of drug-likeness (QED) is 0.314. The van der Waals surface area contributed by atoms with E-state index in [1.165, 1.54) is 0 Å². The average molecular weight is 519 g/mol. The number of amides is 3. The van der Waals surface area contributed by atoms with Gasteiger partial charge in [0.25, 0.3) is 5.91 Å². The second-order valence-electron chi connectivity index (χ2n) is 8.57. The molecular weight excluding hydrogens is 495 g/mol. The highest BCUT2D eigenvalue weighted by Gasteiger charge is 2.22. The number of fused-ring (bicyclic) bond motifs is 1. The molecule has 5 rings (SSSR count). The third-order valence-corrected chi connectivity index (χ3v) is 7.07. The predicted octanol–water partition coefficient (Wildman–Crippen LogP) is 6.75. The minimum Gasteiger partial charge on any atom is -0.368 e. The Morgan fingerprint density at radius 1 is 0.722 bits per heavy atom. The highest BCUT2D eigenvalue weighted by Crippen LogP contribution is 2.29. The maximum Gasteiger partial charge on any atom is 0.323 e. The molecule has 0 unspecified atom stereocenters. The van der Waals surface area contributed by atoms with Gasteiger partial charge >= 0.3 is 6.03 Å². The van der Waals surface area contributed by atoms with Crippen LogP contribution in [0.3, 0.4) is 0 Å². The summed E-state index contributed by atoms with van der Waals surface area (Å²) in [5.74, 6) is 0.0609. The smallest absolute Gasteiger partial charge is 0.323 e. The predicted molar refractivity (Wildman–Crippen MR) is 148 cm³/mol. The van der Waals surface area contributed by atoms with Gasteiger partial charge in [-0.25, -0.2) is 4.79 Å². The van der Waals surface area contributed by atoms with E-state index in [0.717, 1.165) is 35.1 Å². The van der Waals surface area contributed by atoms with Crippen LogP contribution in [-0.2, 0) is 0 Å². The van der Waals surface area contributed by atoms with Crippen molar-refractivity contribution in [1.82, 2.24) is 4.90 Å². The molecule has 1 aliphatic rings. The second kappa shape index (κ2) is 10.5. The summed E-state index contributed by atoms with van der Waals surface area (Å²) < 4.78 is 0. The van der Waals surface area contributed by atoms with Crippen molar-refractivity contribution in [3.05, 3.63) is 101 Å². The fourth-order valence-corrected chi connectivity index (χ4v) is 4.66. The number of piperazine rings is 1. The topological polar surface area (TPSA) is 64.7 Å². The van der Waals surface area contributed by atoms with E-state index >= 15 is 0 Å². The highest BCUT2D eigenvalue weighted by atomic mass is 35.5. The summed E-state index contributed by atoms with van der Waals surface area (Å²) in [7, 11) is 0. The molecule has 4 aromatic rings. The monoisotopic (exact) mass is 518 g/mol. The van der Waals surface area contributed by atoms with E-state index in [1.807, 2.05) is 71.6 Å². The van der Waals surface area contributed by atoms with Crippen LogP contribution in [0, 0.1) is 0 Å². The first kappa shape index (κ1) is 24.0. The zero-order valence-corrected chi connectivity index (χ0v) is 20.9. The summed E-state index contributed by atoms with van der Waals surface area (Å²) in [5, 5.41) is 8.36.